The fourth-order valence-electron chi connectivity index (χ4n) is 3.82. The van der Waals surface area contributed by atoms with Crippen LogP contribution in [-0.4, -0.2) is 35.0 Å². The fraction of sp³-hybridized carbons (Fsp3) is 0.273. The van der Waals surface area contributed by atoms with Crippen molar-refractivity contribution in [1.29, 1.82) is 0 Å². The Bertz CT molecular complexity index is 1040. The number of piperidine rings is 1. The first-order chi connectivity index (χ1) is 15.0. The highest BCUT2D eigenvalue weighted by molar-refractivity contribution is 7.16. The zero-order valence-corrected chi connectivity index (χ0v) is 19.6. The summed E-state index contributed by atoms with van der Waals surface area (Å²) in [5.41, 5.74) is 1.77. The Labute approximate surface area is 200 Å². The lowest BCUT2D eigenvalue weighted by Gasteiger charge is -2.38. The number of anilines is 1. The maximum absolute atomic E-state index is 12.6. The maximum atomic E-state index is 12.6. The summed E-state index contributed by atoms with van der Waals surface area (Å²) in [5.74, 6) is 0.134. The Morgan fingerprint density at radius 1 is 1.10 bits per heavy atom. The monoisotopic (exact) mass is 494 g/mol. The van der Waals surface area contributed by atoms with Crippen LogP contribution in [0.15, 0.2) is 54.9 Å². The zero-order chi connectivity index (χ0) is 21.8. The van der Waals surface area contributed by atoms with Crippen molar-refractivity contribution in [1.82, 2.24) is 15.2 Å². The van der Waals surface area contributed by atoms with Gasteiger partial charge in [-0.3, -0.25) is 9.88 Å². The molecule has 1 aliphatic heterocycles. The van der Waals surface area contributed by atoms with Crippen molar-refractivity contribution in [2.75, 3.05) is 18.4 Å². The molecule has 5 nitrogen and oxygen atoms in total. The minimum Gasteiger partial charge on any atom is -0.334 e. The number of carbonyl (C=O) groups excluding carboxylic acids is 1. The first-order valence-electron chi connectivity index (χ1n) is 9.86. The van der Waals surface area contributed by atoms with Crippen LogP contribution in [0.1, 0.15) is 22.8 Å². The SMILES string of the molecule is O=C(Nc1ccc(Cl)cc1)N[C@@H]1CCN(Cc2cncc(Cl)c2)C[C@H]1c1ccc(Cl)s1. The molecule has 3 aromatic rings. The van der Waals surface area contributed by atoms with Crippen LogP contribution in [0, 0.1) is 0 Å². The predicted octanol–water partition coefficient (Wildman–Crippen LogP) is 6.28. The van der Waals surface area contributed by atoms with E-state index in [1.54, 1.807) is 41.8 Å². The Morgan fingerprint density at radius 3 is 2.61 bits per heavy atom. The molecule has 3 heterocycles. The number of pyridine rings is 1. The molecule has 1 aromatic carbocycles. The van der Waals surface area contributed by atoms with E-state index < -0.39 is 0 Å². The van der Waals surface area contributed by atoms with Crippen molar-refractivity contribution >= 4 is 57.9 Å². The van der Waals surface area contributed by atoms with Gasteiger partial charge in [-0.15, -0.1) is 11.3 Å². The second kappa shape index (κ2) is 10.2. The zero-order valence-electron chi connectivity index (χ0n) is 16.5. The highest BCUT2D eigenvalue weighted by atomic mass is 35.5. The lowest BCUT2D eigenvalue weighted by atomic mass is 9.90. The van der Waals surface area contributed by atoms with Gasteiger partial charge in [-0.2, -0.15) is 0 Å². The number of nitrogens with zero attached hydrogens (tertiary/aromatic N) is 2. The van der Waals surface area contributed by atoms with Gasteiger partial charge in [0.05, 0.1) is 9.36 Å². The molecule has 0 unspecified atom stereocenters. The standard InChI is InChI=1S/C22H21Cl3N4OS/c23-15-1-3-17(4-2-15)27-22(30)28-19-7-8-29(12-14-9-16(24)11-26-10-14)13-18(19)20-5-6-21(25)31-20/h1-6,9-11,18-19H,7-8,12-13H2,(H2,27,28,30)/t18-,19-/m1/s1. The molecule has 0 aliphatic carbocycles. The lowest BCUT2D eigenvalue weighted by Crippen LogP contribution is -2.50. The molecule has 2 N–H and O–H groups in total. The first-order valence-corrected chi connectivity index (χ1v) is 11.8. The molecule has 1 saturated heterocycles. The number of halogens is 3. The summed E-state index contributed by atoms with van der Waals surface area (Å²) in [5, 5.41) is 7.30. The third-order valence-corrected chi connectivity index (χ3v) is 7.06. The minimum absolute atomic E-state index is 0.00393. The van der Waals surface area contributed by atoms with Crippen LogP contribution >= 0.6 is 46.1 Å². The molecule has 2 atom stereocenters. The van der Waals surface area contributed by atoms with Gasteiger partial charge in [0.25, 0.3) is 0 Å². The highest BCUT2D eigenvalue weighted by Gasteiger charge is 2.32. The van der Waals surface area contributed by atoms with E-state index in [1.165, 1.54) is 0 Å². The average molecular weight is 496 g/mol. The molecule has 0 radical (unpaired) electrons. The Hall–Kier alpha value is -1.83. The summed E-state index contributed by atoms with van der Waals surface area (Å²) in [7, 11) is 0. The fourth-order valence-corrected chi connectivity index (χ4v) is 5.36. The maximum Gasteiger partial charge on any atom is 0.319 e. The predicted molar refractivity (Wildman–Crippen MR) is 129 cm³/mol. The Kier molecular flexibility index (Phi) is 7.35. The van der Waals surface area contributed by atoms with Gasteiger partial charge in [-0.1, -0.05) is 34.8 Å². The van der Waals surface area contributed by atoms with Crippen LogP contribution in [0.25, 0.3) is 0 Å². The second-order valence-corrected chi connectivity index (χ2v) is 10.1. The van der Waals surface area contributed by atoms with Crippen LogP contribution in [0.5, 0.6) is 0 Å². The number of thiophene rings is 1. The summed E-state index contributed by atoms with van der Waals surface area (Å²) >= 11 is 19.8. The van der Waals surface area contributed by atoms with E-state index in [4.69, 9.17) is 34.8 Å². The average Bonchev–Trinajstić information content (AvgIpc) is 3.17. The van der Waals surface area contributed by atoms with Crippen LogP contribution in [0.3, 0.4) is 0 Å². The Balaban J connectivity index is 1.45. The van der Waals surface area contributed by atoms with Crippen molar-refractivity contribution in [3.8, 4) is 0 Å². The van der Waals surface area contributed by atoms with E-state index in [0.29, 0.717) is 15.7 Å². The molecule has 2 aromatic heterocycles. The molecular weight excluding hydrogens is 475 g/mol. The number of aromatic nitrogens is 1. The van der Waals surface area contributed by atoms with Gasteiger partial charge in [-0.25, -0.2) is 4.79 Å². The van der Waals surface area contributed by atoms with Crippen molar-refractivity contribution in [2.24, 2.45) is 0 Å². The third-order valence-electron chi connectivity index (χ3n) is 5.24. The van der Waals surface area contributed by atoms with Crippen LogP contribution in [0.4, 0.5) is 10.5 Å². The summed E-state index contributed by atoms with van der Waals surface area (Å²) in [6.07, 6.45) is 4.30. The molecule has 2 amide bonds. The van der Waals surface area contributed by atoms with E-state index in [9.17, 15) is 4.79 Å². The van der Waals surface area contributed by atoms with Crippen LogP contribution < -0.4 is 10.6 Å². The number of hydrogen-bond donors (Lipinski definition) is 2. The number of hydrogen-bond acceptors (Lipinski definition) is 4. The van der Waals surface area contributed by atoms with E-state index in [-0.39, 0.29) is 18.0 Å². The van der Waals surface area contributed by atoms with Crippen molar-refractivity contribution < 1.29 is 4.79 Å². The van der Waals surface area contributed by atoms with Gasteiger partial charge in [-0.05, 0) is 54.4 Å². The summed E-state index contributed by atoms with van der Waals surface area (Å²) in [6, 6.07) is 12.7. The number of urea groups is 1. The number of benzene rings is 1. The van der Waals surface area contributed by atoms with Crippen molar-refractivity contribution in [3.63, 3.8) is 0 Å². The quantitative estimate of drug-likeness (QED) is 0.438. The second-order valence-electron chi connectivity index (χ2n) is 7.50. The number of rotatable bonds is 5. The van der Waals surface area contributed by atoms with Crippen LogP contribution in [0.2, 0.25) is 14.4 Å². The summed E-state index contributed by atoms with van der Waals surface area (Å²) < 4.78 is 0.746. The van der Waals surface area contributed by atoms with E-state index >= 15 is 0 Å². The molecule has 1 fully saturated rings. The van der Waals surface area contributed by atoms with Gasteiger partial charge >= 0.3 is 6.03 Å². The van der Waals surface area contributed by atoms with Gasteiger partial charge in [0.15, 0.2) is 0 Å². The molecule has 0 spiro atoms. The molecule has 9 heteroatoms. The van der Waals surface area contributed by atoms with Gasteiger partial charge < -0.3 is 10.6 Å². The largest absolute Gasteiger partial charge is 0.334 e. The molecule has 162 valence electrons. The van der Waals surface area contributed by atoms with Crippen molar-refractivity contribution in [3.05, 3.63) is 79.7 Å². The minimum atomic E-state index is -0.229. The summed E-state index contributed by atoms with van der Waals surface area (Å²) in [4.78, 5) is 20.4. The van der Waals surface area contributed by atoms with Gasteiger partial charge in [0.2, 0.25) is 0 Å². The lowest BCUT2D eigenvalue weighted by molar-refractivity contribution is 0.170. The topological polar surface area (TPSA) is 57.3 Å². The molecular formula is C22H21Cl3N4OS. The molecule has 1 aliphatic rings. The van der Waals surface area contributed by atoms with Crippen LogP contribution in [-0.2, 0) is 6.54 Å². The smallest absolute Gasteiger partial charge is 0.319 e. The number of carbonyl (C=O) groups is 1. The highest BCUT2D eigenvalue weighted by Crippen LogP contribution is 2.34. The van der Waals surface area contributed by atoms with Gasteiger partial charge in [0.1, 0.15) is 0 Å². The van der Waals surface area contributed by atoms with E-state index in [2.05, 4.69) is 20.5 Å². The molecule has 0 saturated carbocycles. The van der Waals surface area contributed by atoms with Gasteiger partial charge in [0, 0.05) is 59.6 Å². The molecule has 31 heavy (non-hydrogen) atoms. The number of amides is 2. The molecule has 0 bridgehead atoms. The van der Waals surface area contributed by atoms with E-state index in [0.717, 1.165) is 40.8 Å². The summed E-state index contributed by atoms with van der Waals surface area (Å²) in [6.45, 7) is 2.41. The van der Waals surface area contributed by atoms with Crippen molar-refractivity contribution in [2.45, 2.75) is 24.9 Å². The van der Waals surface area contributed by atoms with E-state index in [1.807, 2.05) is 24.4 Å². The normalized spacial score (nSPS) is 19.2. The third kappa shape index (κ3) is 6.11. The first kappa shape index (κ1) is 22.4. The number of likely N-dealkylation sites (tertiary alicyclic amines) is 1. The number of nitrogens with one attached hydrogen (secondary N) is 2. The Morgan fingerprint density at radius 2 is 1.90 bits per heavy atom. The molecule has 4 rings (SSSR count).